The number of hydrogen-bond acceptors (Lipinski definition) is 3. The summed E-state index contributed by atoms with van der Waals surface area (Å²) < 4.78 is 11.1. The summed E-state index contributed by atoms with van der Waals surface area (Å²) in [6.07, 6.45) is 0. The monoisotopic (exact) mass is 286 g/mol. The van der Waals surface area contributed by atoms with Gasteiger partial charge in [0.25, 0.3) is 0 Å². The van der Waals surface area contributed by atoms with Crippen molar-refractivity contribution >= 4 is 5.97 Å². The normalized spacial score (nSPS) is 10.2. The minimum absolute atomic E-state index is 0.218. The summed E-state index contributed by atoms with van der Waals surface area (Å²) in [5, 5.41) is 8.96. The van der Waals surface area contributed by atoms with Gasteiger partial charge in [0.15, 0.2) is 0 Å². The molecule has 2 rings (SSSR count). The largest absolute Gasteiger partial charge is 0.490 e. The van der Waals surface area contributed by atoms with Crippen molar-refractivity contribution in [2.75, 3.05) is 13.2 Å². The van der Waals surface area contributed by atoms with Crippen molar-refractivity contribution in [3.05, 3.63) is 59.2 Å². The fraction of sp³-hybridized carbons (Fsp3) is 0.235. The van der Waals surface area contributed by atoms with Gasteiger partial charge in [-0.1, -0.05) is 23.8 Å². The molecule has 0 saturated carbocycles. The van der Waals surface area contributed by atoms with Gasteiger partial charge in [-0.25, -0.2) is 4.79 Å². The highest BCUT2D eigenvalue weighted by Gasteiger charge is 2.07. The van der Waals surface area contributed by atoms with Gasteiger partial charge in [0, 0.05) is 0 Å². The number of benzene rings is 2. The fourth-order valence-electron chi connectivity index (χ4n) is 1.83. The second-order valence-electron chi connectivity index (χ2n) is 4.80. The maximum atomic E-state index is 10.9. The molecule has 0 aliphatic carbocycles. The van der Waals surface area contributed by atoms with Crippen LogP contribution in [0.3, 0.4) is 0 Å². The van der Waals surface area contributed by atoms with Crippen molar-refractivity contribution in [3.63, 3.8) is 0 Å². The van der Waals surface area contributed by atoms with Crippen LogP contribution in [0.2, 0.25) is 0 Å². The molecule has 2 aromatic carbocycles. The lowest BCUT2D eigenvalue weighted by atomic mass is 10.1. The molecule has 0 aliphatic heterocycles. The molecule has 21 heavy (non-hydrogen) atoms. The van der Waals surface area contributed by atoms with E-state index in [9.17, 15) is 4.79 Å². The maximum Gasteiger partial charge on any atom is 0.335 e. The van der Waals surface area contributed by atoms with E-state index in [4.69, 9.17) is 14.6 Å². The van der Waals surface area contributed by atoms with E-state index in [0.29, 0.717) is 19.0 Å². The number of rotatable bonds is 6. The third-order valence-electron chi connectivity index (χ3n) is 3.07. The number of carboxylic acid groups (broad SMARTS) is 1. The number of hydrogen-bond donors (Lipinski definition) is 1. The number of aryl methyl sites for hydroxylation is 2. The summed E-state index contributed by atoms with van der Waals surface area (Å²) in [5.74, 6) is 0.401. The standard InChI is InChI=1S/C17H18O4/c1-12-3-7-15(8-4-12)20-9-10-21-16-11-14(17(18)19)6-5-13(16)2/h3-8,11H,9-10H2,1-2H3,(H,18,19). The lowest BCUT2D eigenvalue weighted by Gasteiger charge is -2.11. The quantitative estimate of drug-likeness (QED) is 0.826. The predicted octanol–water partition coefficient (Wildman–Crippen LogP) is 3.46. The molecule has 0 atom stereocenters. The summed E-state index contributed by atoms with van der Waals surface area (Å²) in [6.45, 7) is 4.66. The molecule has 1 N–H and O–H groups in total. The van der Waals surface area contributed by atoms with Crippen molar-refractivity contribution in [2.24, 2.45) is 0 Å². The zero-order chi connectivity index (χ0) is 15.2. The van der Waals surface area contributed by atoms with E-state index < -0.39 is 5.97 Å². The van der Waals surface area contributed by atoms with Gasteiger partial charge in [0.05, 0.1) is 5.56 Å². The van der Waals surface area contributed by atoms with Crippen molar-refractivity contribution in [2.45, 2.75) is 13.8 Å². The molecule has 4 heteroatoms. The molecule has 0 aromatic heterocycles. The van der Waals surface area contributed by atoms with Crippen LogP contribution in [0.4, 0.5) is 0 Å². The van der Waals surface area contributed by atoms with Gasteiger partial charge >= 0.3 is 5.97 Å². The Morgan fingerprint density at radius 3 is 2.33 bits per heavy atom. The number of aromatic carboxylic acids is 1. The molecule has 0 aliphatic rings. The molecule has 0 bridgehead atoms. The highest BCUT2D eigenvalue weighted by Crippen LogP contribution is 2.19. The van der Waals surface area contributed by atoms with E-state index in [1.54, 1.807) is 12.1 Å². The molecule has 110 valence electrons. The molecular weight excluding hydrogens is 268 g/mol. The average molecular weight is 286 g/mol. The Hall–Kier alpha value is -2.49. The zero-order valence-electron chi connectivity index (χ0n) is 12.1. The van der Waals surface area contributed by atoms with Gasteiger partial charge < -0.3 is 14.6 Å². The molecule has 0 radical (unpaired) electrons. The van der Waals surface area contributed by atoms with Crippen molar-refractivity contribution < 1.29 is 19.4 Å². The third-order valence-corrected chi connectivity index (χ3v) is 3.07. The highest BCUT2D eigenvalue weighted by molar-refractivity contribution is 5.88. The van der Waals surface area contributed by atoms with Gasteiger partial charge in [-0.15, -0.1) is 0 Å². The molecule has 0 heterocycles. The van der Waals surface area contributed by atoms with Crippen LogP contribution in [0.1, 0.15) is 21.5 Å². The highest BCUT2D eigenvalue weighted by atomic mass is 16.5. The fourth-order valence-corrected chi connectivity index (χ4v) is 1.83. The molecule has 2 aromatic rings. The third kappa shape index (κ3) is 4.24. The Morgan fingerprint density at radius 1 is 1.00 bits per heavy atom. The lowest BCUT2D eigenvalue weighted by molar-refractivity contribution is 0.0696. The first kappa shape index (κ1) is 14.9. The van der Waals surface area contributed by atoms with E-state index in [2.05, 4.69) is 0 Å². The van der Waals surface area contributed by atoms with Gasteiger partial charge in [-0.05, 0) is 43.7 Å². The lowest BCUT2D eigenvalue weighted by Crippen LogP contribution is -2.10. The Kier molecular flexibility index (Phi) is 4.82. The van der Waals surface area contributed by atoms with Gasteiger partial charge in [-0.3, -0.25) is 0 Å². The van der Waals surface area contributed by atoms with E-state index in [1.165, 1.54) is 11.6 Å². The zero-order valence-corrected chi connectivity index (χ0v) is 12.1. The first-order chi connectivity index (χ1) is 10.1. The van der Waals surface area contributed by atoms with Crippen LogP contribution in [0.25, 0.3) is 0 Å². The van der Waals surface area contributed by atoms with Crippen molar-refractivity contribution in [1.29, 1.82) is 0 Å². The topological polar surface area (TPSA) is 55.8 Å². The molecule has 0 unspecified atom stereocenters. The molecule has 0 spiro atoms. The van der Waals surface area contributed by atoms with Gasteiger partial charge in [0.2, 0.25) is 0 Å². The first-order valence-electron chi connectivity index (χ1n) is 6.72. The minimum Gasteiger partial charge on any atom is -0.490 e. The van der Waals surface area contributed by atoms with E-state index in [-0.39, 0.29) is 5.56 Å². The summed E-state index contributed by atoms with van der Waals surface area (Å²) in [7, 11) is 0. The summed E-state index contributed by atoms with van der Waals surface area (Å²) in [5.41, 5.74) is 2.30. The molecular formula is C17H18O4. The summed E-state index contributed by atoms with van der Waals surface area (Å²) in [4.78, 5) is 10.9. The van der Waals surface area contributed by atoms with Crippen LogP contribution >= 0.6 is 0 Å². The second kappa shape index (κ2) is 6.79. The SMILES string of the molecule is Cc1ccc(OCCOc2cc(C(=O)O)ccc2C)cc1. The molecule has 0 fully saturated rings. The number of carbonyl (C=O) groups is 1. The molecule has 0 saturated heterocycles. The number of ether oxygens (including phenoxy) is 2. The van der Waals surface area contributed by atoms with Crippen LogP contribution < -0.4 is 9.47 Å². The summed E-state index contributed by atoms with van der Waals surface area (Å²) >= 11 is 0. The number of carboxylic acids is 1. The van der Waals surface area contributed by atoms with Crippen LogP contribution in [-0.4, -0.2) is 24.3 Å². The Morgan fingerprint density at radius 2 is 1.67 bits per heavy atom. The average Bonchev–Trinajstić information content (AvgIpc) is 2.47. The maximum absolute atomic E-state index is 10.9. The second-order valence-corrected chi connectivity index (χ2v) is 4.80. The predicted molar refractivity (Wildman–Crippen MR) is 80.3 cm³/mol. The molecule has 0 amide bonds. The van der Waals surface area contributed by atoms with E-state index in [1.807, 2.05) is 38.1 Å². The van der Waals surface area contributed by atoms with Crippen LogP contribution in [0, 0.1) is 13.8 Å². The molecule has 4 nitrogen and oxygen atoms in total. The Bertz CT molecular complexity index is 617. The van der Waals surface area contributed by atoms with Crippen LogP contribution in [-0.2, 0) is 0 Å². The van der Waals surface area contributed by atoms with Crippen LogP contribution in [0.15, 0.2) is 42.5 Å². The Labute approximate surface area is 123 Å². The van der Waals surface area contributed by atoms with Crippen LogP contribution in [0.5, 0.6) is 11.5 Å². The summed E-state index contributed by atoms with van der Waals surface area (Å²) in [6, 6.07) is 12.6. The van der Waals surface area contributed by atoms with Crippen molar-refractivity contribution in [1.82, 2.24) is 0 Å². The smallest absolute Gasteiger partial charge is 0.335 e. The van der Waals surface area contributed by atoms with Gasteiger partial charge in [0.1, 0.15) is 24.7 Å². The van der Waals surface area contributed by atoms with Gasteiger partial charge in [-0.2, -0.15) is 0 Å². The Balaban J connectivity index is 1.87. The first-order valence-corrected chi connectivity index (χ1v) is 6.72. The van der Waals surface area contributed by atoms with E-state index in [0.717, 1.165) is 11.3 Å². The minimum atomic E-state index is -0.962. The van der Waals surface area contributed by atoms with E-state index >= 15 is 0 Å². The van der Waals surface area contributed by atoms with Crippen molar-refractivity contribution in [3.8, 4) is 11.5 Å².